The van der Waals surface area contributed by atoms with Crippen molar-refractivity contribution in [2.24, 2.45) is 11.7 Å². The van der Waals surface area contributed by atoms with Gasteiger partial charge < -0.3 is 15.4 Å². The number of benzene rings is 1. The molecule has 0 aliphatic carbocycles. The van der Waals surface area contributed by atoms with Gasteiger partial charge in [-0.3, -0.25) is 4.79 Å². The van der Waals surface area contributed by atoms with E-state index in [1.807, 2.05) is 35.2 Å². The number of ether oxygens (including phenoxy) is 1. The fourth-order valence-corrected chi connectivity index (χ4v) is 2.76. The Kier molecular flexibility index (Phi) is 6.40. The number of carbonyl (C=O) groups excluding carboxylic acids is 1. The predicted octanol–water partition coefficient (Wildman–Crippen LogP) is 2.22. The summed E-state index contributed by atoms with van der Waals surface area (Å²) in [5.74, 6) is 0.616. The maximum atomic E-state index is 12.4. The van der Waals surface area contributed by atoms with Crippen LogP contribution in [0.15, 0.2) is 30.3 Å². The van der Waals surface area contributed by atoms with E-state index in [-0.39, 0.29) is 12.0 Å². The second-order valence-electron chi connectivity index (χ2n) is 6.55. The molecule has 1 fully saturated rings. The highest BCUT2D eigenvalue weighted by Gasteiger charge is 2.26. The molecule has 1 unspecified atom stereocenters. The molecule has 122 valence electrons. The number of nitrogens with two attached hydrogens (primary N) is 1. The number of amides is 1. The van der Waals surface area contributed by atoms with Crippen LogP contribution in [-0.2, 0) is 16.0 Å². The second-order valence-corrected chi connectivity index (χ2v) is 6.55. The summed E-state index contributed by atoms with van der Waals surface area (Å²) in [4.78, 5) is 14.3. The highest BCUT2D eigenvalue weighted by Crippen LogP contribution is 2.16. The Balaban J connectivity index is 1.77. The van der Waals surface area contributed by atoms with Crippen molar-refractivity contribution < 1.29 is 9.53 Å². The van der Waals surface area contributed by atoms with Crippen molar-refractivity contribution in [2.75, 3.05) is 19.7 Å². The largest absolute Gasteiger partial charge is 0.378 e. The second kappa shape index (κ2) is 8.30. The molecular weight excluding hydrogens is 276 g/mol. The molecule has 0 aromatic heterocycles. The third-order valence-electron chi connectivity index (χ3n) is 4.03. The first-order valence-electron chi connectivity index (χ1n) is 8.26. The predicted molar refractivity (Wildman–Crippen MR) is 88.5 cm³/mol. The van der Waals surface area contributed by atoms with Crippen LogP contribution in [0.2, 0.25) is 0 Å². The third-order valence-corrected chi connectivity index (χ3v) is 4.03. The fourth-order valence-electron chi connectivity index (χ4n) is 2.76. The summed E-state index contributed by atoms with van der Waals surface area (Å²) in [7, 11) is 0. The van der Waals surface area contributed by atoms with Crippen molar-refractivity contribution in [2.45, 2.75) is 45.3 Å². The number of likely N-dealkylation sites (tertiary alicyclic amines) is 1. The molecule has 2 rings (SSSR count). The summed E-state index contributed by atoms with van der Waals surface area (Å²) >= 11 is 0. The first-order chi connectivity index (χ1) is 10.6. The van der Waals surface area contributed by atoms with Gasteiger partial charge in [0, 0.05) is 19.7 Å². The van der Waals surface area contributed by atoms with Gasteiger partial charge in [-0.15, -0.1) is 0 Å². The Morgan fingerprint density at radius 2 is 1.91 bits per heavy atom. The van der Waals surface area contributed by atoms with Gasteiger partial charge in [0.05, 0.1) is 12.1 Å². The van der Waals surface area contributed by atoms with E-state index < -0.39 is 6.04 Å². The quantitative estimate of drug-likeness (QED) is 0.877. The lowest BCUT2D eigenvalue weighted by atomic mass is 10.0. The molecule has 1 aromatic rings. The van der Waals surface area contributed by atoms with Crippen LogP contribution in [0.1, 0.15) is 32.3 Å². The van der Waals surface area contributed by atoms with Gasteiger partial charge >= 0.3 is 0 Å². The average molecular weight is 304 g/mol. The van der Waals surface area contributed by atoms with Gasteiger partial charge in [-0.1, -0.05) is 44.2 Å². The van der Waals surface area contributed by atoms with Crippen LogP contribution in [0.4, 0.5) is 0 Å². The Labute approximate surface area is 133 Å². The van der Waals surface area contributed by atoms with E-state index in [4.69, 9.17) is 10.5 Å². The molecule has 1 aliphatic heterocycles. The third kappa shape index (κ3) is 5.11. The zero-order chi connectivity index (χ0) is 15.9. The summed E-state index contributed by atoms with van der Waals surface area (Å²) in [5, 5.41) is 0. The van der Waals surface area contributed by atoms with Crippen LogP contribution in [0.5, 0.6) is 0 Å². The molecule has 2 N–H and O–H groups in total. The lowest BCUT2D eigenvalue weighted by molar-refractivity contribution is -0.135. The van der Waals surface area contributed by atoms with Crippen LogP contribution in [0.25, 0.3) is 0 Å². The molecular formula is C18H28N2O2. The molecule has 1 aromatic carbocycles. The smallest absolute Gasteiger partial charge is 0.239 e. The summed E-state index contributed by atoms with van der Waals surface area (Å²) in [6.45, 7) is 6.61. The minimum absolute atomic E-state index is 0.0613. The number of piperidine rings is 1. The Morgan fingerprint density at radius 3 is 2.50 bits per heavy atom. The van der Waals surface area contributed by atoms with Crippen LogP contribution in [-0.4, -0.2) is 42.6 Å². The Hall–Kier alpha value is -1.39. The van der Waals surface area contributed by atoms with Gasteiger partial charge in [0.15, 0.2) is 0 Å². The average Bonchev–Trinajstić information content (AvgIpc) is 2.53. The van der Waals surface area contributed by atoms with Crippen LogP contribution in [0.3, 0.4) is 0 Å². The molecule has 0 bridgehead atoms. The number of hydrogen-bond acceptors (Lipinski definition) is 3. The normalized spacial score (nSPS) is 17.7. The monoisotopic (exact) mass is 304 g/mol. The van der Waals surface area contributed by atoms with Gasteiger partial charge in [0.2, 0.25) is 5.91 Å². The van der Waals surface area contributed by atoms with E-state index in [0.29, 0.717) is 12.3 Å². The number of carbonyl (C=O) groups is 1. The summed E-state index contributed by atoms with van der Waals surface area (Å²) in [6, 6.07) is 9.50. The molecule has 1 atom stereocenters. The molecule has 0 radical (unpaired) electrons. The first kappa shape index (κ1) is 17.0. The maximum absolute atomic E-state index is 12.4. The van der Waals surface area contributed by atoms with E-state index in [0.717, 1.165) is 38.1 Å². The van der Waals surface area contributed by atoms with E-state index >= 15 is 0 Å². The van der Waals surface area contributed by atoms with Crippen LogP contribution >= 0.6 is 0 Å². The van der Waals surface area contributed by atoms with Crippen molar-refractivity contribution in [3.8, 4) is 0 Å². The van der Waals surface area contributed by atoms with Crippen molar-refractivity contribution in [1.29, 1.82) is 0 Å². The van der Waals surface area contributed by atoms with Crippen LogP contribution in [0, 0.1) is 5.92 Å². The number of hydrogen-bond donors (Lipinski definition) is 1. The molecule has 0 spiro atoms. The molecule has 1 amide bonds. The molecule has 0 saturated carbocycles. The van der Waals surface area contributed by atoms with Crippen molar-refractivity contribution in [1.82, 2.24) is 4.90 Å². The van der Waals surface area contributed by atoms with Gasteiger partial charge in [-0.2, -0.15) is 0 Å². The summed E-state index contributed by atoms with van der Waals surface area (Å²) < 4.78 is 5.86. The van der Waals surface area contributed by atoms with E-state index in [1.54, 1.807) is 0 Å². The lowest BCUT2D eigenvalue weighted by Gasteiger charge is -2.33. The molecule has 1 saturated heterocycles. The first-order valence-corrected chi connectivity index (χ1v) is 8.26. The van der Waals surface area contributed by atoms with Gasteiger partial charge in [0.1, 0.15) is 0 Å². The highest BCUT2D eigenvalue weighted by atomic mass is 16.5. The molecule has 1 aliphatic rings. The van der Waals surface area contributed by atoms with E-state index in [9.17, 15) is 4.79 Å². The van der Waals surface area contributed by atoms with Crippen molar-refractivity contribution in [3.05, 3.63) is 35.9 Å². The maximum Gasteiger partial charge on any atom is 0.239 e. The lowest BCUT2D eigenvalue weighted by Crippen LogP contribution is -2.49. The van der Waals surface area contributed by atoms with E-state index in [2.05, 4.69) is 13.8 Å². The zero-order valence-corrected chi connectivity index (χ0v) is 13.7. The minimum atomic E-state index is -0.449. The SMILES string of the molecule is CC(C)COC1CCN(C(=O)C(N)Cc2ccccc2)CC1. The van der Waals surface area contributed by atoms with Crippen molar-refractivity contribution >= 4 is 5.91 Å². The number of rotatable bonds is 6. The van der Waals surface area contributed by atoms with Crippen molar-refractivity contribution in [3.63, 3.8) is 0 Å². The number of nitrogens with zero attached hydrogens (tertiary/aromatic N) is 1. The molecule has 1 heterocycles. The van der Waals surface area contributed by atoms with Gasteiger partial charge in [0.25, 0.3) is 0 Å². The summed E-state index contributed by atoms with van der Waals surface area (Å²) in [5.41, 5.74) is 7.20. The van der Waals surface area contributed by atoms with Gasteiger partial charge in [-0.05, 0) is 30.7 Å². The topological polar surface area (TPSA) is 55.6 Å². The molecule has 4 nitrogen and oxygen atoms in total. The Morgan fingerprint density at radius 1 is 1.27 bits per heavy atom. The van der Waals surface area contributed by atoms with Gasteiger partial charge in [-0.25, -0.2) is 0 Å². The van der Waals surface area contributed by atoms with Crippen LogP contribution < -0.4 is 5.73 Å². The highest BCUT2D eigenvalue weighted by molar-refractivity contribution is 5.82. The Bertz CT molecular complexity index is 453. The minimum Gasteiger partial charge on any atom is -0.378 e. The molecule has 22 heavy (non-hydrogen) atoms. The zero-order valence-electron chi connectivity index (χ0n) is 13.7. The molecule has 4 heteroatoms. The standard InChI is InChI=1S/C18H28N2O2/c1-14(2)13-22-16-8-10-20(11-9-16)18(21)17(19)12-15-6-4-3-5-7-15/h3-7,14,16-17H,8-13,19H2,1-2H3. The summed E-state index contributed by atoms with van der Waals surface area (Å²) in [6.07, 6.45) is 2.72. The van der Waals surface area contributed by atoms with E-state index in [1.165, 1.54) is 0 Å². The fraction of sp³-hybridized carbons (Fsp3) is 0.611.